The Balaban J connectivity index is 2.69. The number of aryl methyl sites for hydroxylation is 2. The van der Waals surface area contributed by atoms with Gasteiger partial charge in [0.2, 0.25) is 0 Å². The SMILES string of the molecule is Cc1cc(C)c(C)c(C(Cl)c2c(Cl)cccc2Cl)c1C. The van der Waals surface area contributed by atoms with Crippen molar-refractivity contribution in [3.63, 3.8) is 0 Å². The molecule has 0 aliphatic rings. The summed E-state index contributed by atoms with van der Waals surface area (Å²) in [5.74, 6) is 0. The van der Waals surface area contributed by atoms with E-state index in [2.05, 4.69) is 33.8 Å². The molecule has 0 aliphatic heterocycles. The minimum atomic E-state index is -0.338. The van der Waals surface area contributed by atoms with Crippen molar-refractivity contribution in [2.75, 3.05) is 0 Å². The lowest BCUT2D eigenvalue weighted by Crippen LogP contribution is -2.04. The first-order valence-corrected chi connectivity index (χ1v) is 7.69. The third kappa shape index (κ3) is 2.70. The summed E-state index contributed by atoms with van der Waals surface area (Å²) >= 11 is 19.3. The first-order chi connectivity index (χ1) is 9.34. The van der Waals surface area contributed by atoms with E-state index < -0.39 is 0 Å². The van der Waals surface area contributed by atoms with Crippen LogP contribution in [0.1, 0.15) is 38.8 Å². The zero-order chi connectivity index (χ0) is 15.0. The highest BCUT2D eigenvalue weighted by molar-refractivity contribution is 6.38. The molecule has 0 aromatic heterocycles. The molecule has 3 heteroatoms. The molecule has 0 bridgehead atoms. The molecule has 0 aliphatic carbocycles. The van der Waals surface area contributed by atoms with Gasteiger partial charge >= 0.3 is 0 Å². The molecule has 0 N–H and O–H groups in total. The van der Waals surface area contributed by atoms with Gasteiger partial charge in [-0.05, 0) is 67.6 Å². The van der Waals surface area contributed by atoms with Crippen molar-refractivity contribution in [1.82, 2.24) is 0 Å². The van der Waals surface area contributed by atoms with Crippen LogP contribution < -0.4 is 0 Å². The number of hydrogen-bond acceptors (Lipinski definition) is 0. The van der Waals surface area contributed by atoms with E-state index in [1.54, 1.807) is 0 Å². The number of alkyl halides is 1. The van der Waals surface area contributed by atoms with E-state index in [1.165, 1.54) is 22.3 Å². The first-order valence-electron chi connectivity index (χ1n) is 6.49. The van der Waals surface area contributed by atoms with Gasteiger partial charge < -0.3 is 0 Å². The summed E-state index contributed by atoms with van der Waals surface area (Å²) in [6.45, 7) is 8.39. The summed E-state index contributed by atoms with van der Waals surface area (Å²) in [4.78, 5) is 0. The fraction of sp³-hybridized carbons (Fsp3) is 0.294. The second kappa shape index (κ2) is 5.97. The number of halogens is 3. The molecule has 1 unspecified atom stereocenters. The minimum absolute atomic E-state index is 0.338. The molecule has 2 aromatic carbocycles. The largest absolute Gasteiger partial charge is 0.112 e. The lowest BCUT2D eigenvalue weighted by Gasteiger charge is -2.21. The van der Waals surface area contributed by atoms with Crippen LogP contribution >= 0.6 is 34.8 Å². The summed E-state index contributed by atoms with van der Waals surface area (Å²) in [6, 6.07) is 7.67. The van der Waals surface area contributed by atoms with Crippen LogP contribution in [0.5, 0.6) is 0 Å². The topological polar surface area (TPSA) is 0 Å². The van der Waals surface area contributed by atoms with Crippen molar-refractivity contribution in [2.24, 2.45) is 0 Å². The van der Waals surface area contributed by atoms with Crippen LogP contribution in [0, 0.1) is 27.7 Å². The smallest absolute Gasteiger partial charge is 0.0869 e. The average Bonchev–Trinajstić information content (AvgIpc) is 2.36. The van der Waals surface area contributed by atoms with E-state index in [9.17, 15) is 0 Å². The molecule has 2 aromatic rings. The van der Waals surface area contributed by atoms with E-state index >= 15 is 0 Å². The van der Waals surface area contributed by atoms with E-state index in [-0.39, 0.29) is 5.38 Å². The maximum Gasteiger partial charge on any atom is 0.0869 e. The van der Waals surface area contributed by atoms with Gasteiger partial charge in [0.1, 0.15) is 0 Å². The molecule has 106 valence electrons. The van der Waals surface area contributed by atoms with Gasteiger partial charge in [-0.3, -0.25) is 0 Å². The van der Waals surface area contributed by atoms with Gasteiger partial charge in [0, 0.05) is 15.6 Å². The zero-order valence-electron chi connectivity index (χ0n) is 12.0. The third-order valence-corrected chi connectivity index (χ3v) is 5.03. The molecule has 0 saturated heterocycles. The maximum atomic E-state index is 6.73. The predicted octanol–water partition coefficient (Wildman–Crippen LogP) is 6.56. The standard InChI is InChI=1S/C17H17Cl3/c1-9-8-10(2)12(4)15(11(9)3)17(20)16-13(18)6-5-7-14(16)19/h5-8,17H,1-4H3. The van der Waals surface area contributed by atoms with Crippen LogP contribution in [0.2, 0.25) is 10.0 Å². The lowest BCUT2D eigenvalue weighted by atomic mass is 9.90. The highest BCUT2D eigenvalue weighted by Gasteiger charge is 2.22. The van der Waals surface area contributed by atoms with Gasteiger partial charge in [-0.1, -0.05) is 35.3 Å². The van der Waals surface area contributed by atoms with Crippen LogP contribution in [-0.4, -0.2) is 0 Å². The first kappa shape index (κ1) is 15.7. The molecular formula is C17H17Cl3. The Bertz CT molecular complexity index is 613. The van der Waals surface area contributed by atoms with E-state index in [4.69, 9.17) is 34.8 Å². The van der Waals surface area contributed by atoms with Crippen LogP contribution in [0.3, 0.4) is 0 Å². The Kier molecular flexibility index (Phi) is 4.69. The van der Waals surface area contributed by atoms with Crippen molar-refractivity contribution >= 4 is 34.8 Å². The van der Waals surface area contributed by atoms with Crippen molar-refractivity contribution in [3.8, 4) is 0 Å². The van der Waals surface area contributed by atoms with Gasteiger partial charge in [-0.25, -0.2) is 0 Å². The molecule has 1 atom stereocenters. The fourth-order valence-corrected chi connectivity index (χ4v) is 3.81. The highest BCUT2D eigenvalue weighted by atomic mass is 35.5. The quantitative estimate of drug-likeness (QED) is 0.548. The van der Waals surface area contributed by atoms with Crippen molar-refractivity contribution in [2.45, 2.75) is 33.1 Å². The fourth-order valence-electron chi connectivity index (χ4n) is 2.52. The summed E-state index contributed by atoms with van der Waals surface area (Å²) in [5, 5.41) is 0.876. The Labute approximate surface area is 135 Å². The second-order valence-electron chi connectivity index (χ2n) is 5.17. The molecule has 0 radical (unpaired) electrons. The monoisotopic (exact) mass is 326 g/mol. The Morgan fingerprint density at radius 3 is 1.70 bits per heavy atom. The molecule has 0 nitrogen and oxygen atoms in total. The maximum absolute atomic E-state index is 6.73. The van der Waals surface area contributed by atoms with Gasteiger partial charge in [-0.15, -0.1) is 11.6 Å². The molecule has 0 spiro atoms. The summed E-state index contributed by atoms with van der Waals surface area (Å²) in [6.07, 6.45) is 0. The Morgan fingerprint density at radius 2 is 1.25 bits per heavy atom. The van der Waals surface area contributed by atoms with E-state index in [0.29, 0.717) is 10.0 Å². The van der Waals surface area contributed by atoms with Gasteiger partial charge in [0.05, 0.1) is 5.38 Å². The van der Waals surface area contributed by atoms with Crippen molar-refractivity contribution in [1.29, 1.82) is 0 Å². The van der Waals surface area contributed by atoms with Gasteiger partial charge in [-0.2, -0.15) is 0 Å². The Morgan fingerprint density at radius 1 is 0.800 bits per heavy atom. The normalized spacial score (nSPS) is 12.6. The molecule has 0 amide bonds. The van der Waals surface area contributed by atoms with Crippen LogP contribution in [0.25, 0.3) is 0 Å². The summed E-state index contributed by atoms with van der Waals surface area (Å²) in [7, 11) is 0. The van der Waals surface area contributed by atoms with E-state index in [0.717, 1.165) is 11.1 Å². The predicted molar refractivity (Wildman–Crippen MR) is 89.5 cm³/mol. The average molecular weight is 328 g/mol. The van der Waals surface area contributed by atoms with Crippen LogP contribution in [0.15, 0.2) is 24.3 Å². The molecule has 2 rings (SSSR count). The number of rotatable bonds is 2. The zero-order valence-corrected chi connectivity index (χ0v) is 14.3. The molecule has 20 heavy (non-hydrogen) atoms. The van der Waals surface area contributed by atoms with Gasteiger partial charge in [0.25, 0.3) is 0 Å². The third-order valence-electron chi connectivity index (χ3n) is 3.93. The Hall–Kier alpha value is -0.690. The van der Waals surface area contributed by atoms with Gasteiger partial charge in [0.15, 0.2) is 0 Å². The van der Waals surface area contributed by atoms with Crippen LogP contribution in [0.4, 0.5) is 0 Å². The van der Waals surface area contributed by atoms with Crippen molar-refractivity contribution in [3.05, 3.63) is 67.7 Å². The number of benzene rings is 2. The lowest BCUT2D eigenvalue weighted by molar-refractivity contribution is 1.05. The minimum Gasteiger partial charge on any atom is -0.112 e. The number of hydrogen-bond donors (Lipinski definition) is 0. The van der Waals surface area contributed by atoms with Crippen molar-refractivity contribution < 1.29 is 0 Å². The highest BCUT2D eigenvalue weighted by Crippen LogP contribution is 2.41. The van der Waals surface area contributed by atoms with Crippen LogP contribution in [-0.2, 0) is 0 Å². The molecule has 0 heterocycles. The molecule has 0 fully saturated rings. The summed E-state index contributed by atoms with van der Waals surface area (Å²) < 4.78 is 0. The molecular weight excluding hydrogens is 311 g/mol. The molecule has 0 saturated carbocycles. The second-order valence-corrected chi connectivity index (χ2v) is 6.42. The van der Waals surface area contributed by atoms with E-state index in [1.807, 2.05) is 18.2 Å². The summed E-state index contributed by atoms with van der Waals surface area (Å²) in [5.41, 5.74) is 6.76.